The average Bonchev–Trinajstić information content (AvgIpc) is 2.84. The smallest absolute Gasteiger partial charge is 0.165 e. The molecule has 2 unspecified atom stereocenters. The molecule has 0 bridgehead atoms. The van der Waals surface area contributed by atoms with Crippen molar-refractivity contribution in [3.05, 3.63) is 29.6 Å². The predicted molar refractivity (Wildman–Crippen MR) is 65.9 cm³/mol. The molecule has 3 rings (SSSR count). The highest BCUT2D eigenvalue weighted by molar-refractivity contribution is 5.33. The summed E-state index contributed by atoms with van der Waals surface area (Å²) < 4.78 is 19.1. The fourth-order valence-corrected chi connectivity index (χ4v) is 3.11. The summed E-state index contributed by atoms with van der Waals surface area (Å²) in [6.07, 6.45) is 3.78. The number of nitrogens with zero attached hydrogens (tertiary/aromatic N) is 1. The van der Waals surface area contributed by atoms with Crippen LogP contribution in [0.25, 0.3) is 0 Å². The zero-order valence-electron chi connectivity index (χ0n) is 10.3. The SMILES string of the molecule is Oc1c(F)cccc1CN1CCOC2CCCC21. The Labute approximate surface area is 106 Å². The molecule has 0 radical (unpaired) electrons. The summed E-state index contributed by atoms with van der Waals surface area (Å²) in [6, 6.07) is 5.16. The second kappa shape index (κ2) is 4.86. The van der Waals surface area contributed by atoms with Crippen molar-refractivity contribution in [2.45, 2.75) is 38.0 Å². The number of fused-ring (bicyclic) bond motifs is 1. The lowest BCUT2D eigenvalue weighted by atomic mass is 10.1. The van der Waals surface area contributed by atoms with E-state index in [0.29, 0.717) is 24.3 Å². The van der Waals surface area contributed by atoms with E-state index in [0.717, 1.165) is 26.0 Å². The molecular weight excluding hydrogens is 233 g/mol. The molecule has 98 valence electrons. The minimum atomic E-state index is -0.538. The Bertz CT molecular complexity index is 438. The van der Waals surface area contributed by atoms with E-state index in [-0.39, 0.29) is 5.75 Å². The molecule has 0 amide bonds. The first-order valence-corrected chi connectivity index (χ1v) is 6.58. The molecule has 3 nitrogen and oxygen atoms in total. The van der Waals surface area contributed by atoms with E-state index in [1.54, 1.807) is 12.1 Å². The summed E-state index contributed by atoms with van der Waals surface area (Å²) in [5.41, 5.74) is 0.669. The Balaban J connectivity index is 1.77. The molecule has 2 fully saturated rings. The molecule has 1 heterocycles. The Morgan fingerprint density at radius 1 is 1.39 bits per heavy atom. The molecule has 1 aromatic rings. The zero-order valence-corrected chi connectivity index (χ0v) is 10.3. The van der Waals surface area contributed by atoms with E-state index >= 15 is 0 Å². The molecule has 1 saturated heterocycles. The van der Waals surface area contributed by atoms with E-state index in [1.165, 1.54) is 12.5 Å². The topological polar surface area (TPSA) is 32.7 Å². The maximum atomic E-state index is 13.3. The van der Waals surface area contributed by atoms with Gasteiger partial charge in [-0.2, -0.15) is 0 Å². The quantitative estimate of drug-likeness (QED) is 0.875. The lowest BCUT2D eigenvalue weighted by Gasteiger charge is -2.37. The van der Waals surface area contributed by atoms with Crippen molar-refractivity contribution in [2.75, 3.05) is 13.2 Å². The highest BCUT2D eigenvalue weighted by Crippen LogP contribution is 2.32. The fourth-order valence-electron chi connectivity index (χ4n) is 3.11. The van der Waals surface area contributed by atoms with Crippen LogP contribution >= 0.6 is 0 Å². The first-order valence-electron chi connectivity index (χ1n) is 6.58. The van der Waals surface area contributed by atoms with Crippen molar-refractivity contribution < 1.29 is 14.2 Å². The van der Waals surface area contributed by atoms with Crippen molar-refractivity contribution in [3.8, 4) is 5.75 Å². The van der Waals surface area contributed by atoms with Crippen molar-refractivity contribution in [1.82, 2.24) is 4.90 Å². The van der Waals surface area contributed by atoms with Gasteiger partial charge in [-0.05, 0) is 25.3 Å². The van der Waals surface area contributed by atoms with Gasteiger partial charge in [0.25, 0.3) is 0 Å². The van der Waals surface area contributed by atoms with Crippen LogP contribution in [-0.2, 0) is 11.3 Å². The van der Waals surface area contributed by atoms with Crippen LogP contribution in [0.2, 0.25) is 0 Å². The van der Waals surface area contributed by atoms with Crippen molar-refractivity contribution in [3.63, 3.8) is 0 Å². The number of hydrogen-bond donors (Lipinski definition) is 1. The number of halogens is 1. The monoisotopic (exact) mass is 251 g/mol. The summed E-state index contributed by atoms with van der Waals surface area (Å²) in [7, 11) is 0. The molecule has 1 N–H and O–H groups in total. The maximum absolute atomic E-state index is 13.3. The van der Waals surface area contributed by atoms with Crippen LogP contribution in [0.4, 0.5) is 4.39 Å². The van der Waals surface area contributed by atoms with Gasteiger partial charge in [-0.3, -0.25) is 4.90 Å². The van der Waals surface area contributed by atoms with Gasteiger partial charge in [0.05, 0.1) is 12.7 Å². The minimum absolute atomic E-state index is 0.210. The molecule has 1 aromatic carbocycles. The van der Waals surface area contributed by atoms with E-state index in [4.69, 9.17) is 4.74 Å². The second-order valence-corrected chi connectivity index (χ2v) is 5.13. The van der Waals surface area contributed by atoms with Crippen LogP contribution in [-0.4, -0.2) is 35.3 Å². The standard InChI is InChI=1S/C14H18FNO2/c15-11-4-1-3-10(14(11)17)9-16-7-8-18-13-6-2-5-12(13)16/h1,3-4,12-13,17H,2,5-9H2. The Kier molecular flexibility index (Phi) is 3.22. The van der Waals surface area contributed by atoms with Gasteiger partial charge < -0.3 is 9.84 Å². The predicted octanol–water partition coefficient (Wildman–Crippen LogP) is 2.28. The molecule has 1 aliphatic carbocycles. The van der Waals surface area contributed by atoms with E-state index in [9.17, 15) is 9.50 Å². The largest absolute Gasteiger partial charge is 0.505 e. The van der Waals surface area contributed by atoms with E-state index in [2.05, 4.69) is 4.90 Å². The average molecular weight is 251 g/mol. The highest BCUT2D eigenvalue weighted by atomic mass is 19.1. The van der Waals surface area contributed by atoms with E-state index in [1.807, 2.05) is 0 Å². The van der Waals surface area contributed by atoms with E-state index < -0.39 is 5.82 Å². The van der Waals surface area contributed by atoms with Gasteiger partial charge in [0, 0.05) is 24.7 Å². The third-order valence-electron chi connectivity index (χ3n) is 4.04. The number of morpholine rings is 1. The molecule has 18 heavy (non-hydrogen) atoms. The molecule has 2 aliphatic rings. The molecular formula is C14H18FNO2. The van der Waals surface area contributed by atoms with Gasteiger partial charge in [-0.25, -0.2) is 4.39 Å². The summed E-state index contributed by atoms with van der Waals surface area (Å²) >= 11 is 0. The van der Waals surface area contributed by atoms with Crippen LogP contribution in [0.3, 0.4) is 0 Å². The summed E-state index contributed by atoms with van der Waals surface area (Å²) in [6.45, 7) is 2.20. The number of ether oxygens (including phenoxy) is 1. The normalized spacial score (nSPS) is 28.3. The molecule has 4 heteroatoms. The molecule has 0 spiro atoms. The number of benzene rings is 1. The number of phenolic OH excluding ortho intramolecular Hbond substituents is 1. The van der Waals surface area contributed by atoms with Crippen molar-refractivity contribution in [2.24, 2.45) is 0 Å². The maximum Gasteiger partial charge on any atom is 0.165 e. The molecule has 0 aromatic heterocycles. The van der Waals surface area contributed by atoms with Gasteiger partial charge in [0.2, 0.25) is 0 Å². The number of para-hydroxylation sites is 1. The van der Waals surface area contributed by atoms with Crippen molar-refractivity contribution in [1.29, 1.82) is 0 Å². The molecule has 1 aliphatic heterocycles. The first kappa shape index (κ1) is 11.9. The highest BCUT2D eigenvalue weighted by Gasteiger charge is 2.36. The minimum Gasteiger partial charge on any atom is -0.505 e. The van der Waals surface area contributed by atoms with Crippen molar-refractivity contribution >= 4 is 0 Å². The van der Waals surface area contributed by atoms with Crippen LogP contribution in [0.5, 0.6) is 5.75 Å². The number of hydrogen-bond acceptors (Lipinski definition) is 3. The van der Waals surface area contributed by atoms with Crippen LogP contribution in [0.1, 0.15) is 24.8 Å². The Morgan fingerprint density at radius 2 is 2.28 bits per heavy atom. The van der Waals surface area contributed by atoms with Crippen LogP contribution < -0.4 is 0 Å². The van der Waals surface area contributed by atoms with Gasteiger partial charge in [0.1, 0.15) is 0 Å². The third kappa shape index (κ3) is 2.10. The lowest BCUT2D eigenvalue weighted by Crippen LogP contribution is -2.47. The van der Waals surface area contributed by atoms with Gasteiger partial charge in [-0.15, -0.1) is 0 Å². The summed E-state index contributed by atoms with van der Waals surface area (Å²) in [4.78, 5) is 2.32. The third-order valence-corrected chi connectivity index (χ3v) is 4.04. The first-order chi connectivity index (χ1) is 8.75. The number of rotatable bonds is 2. The van der Waals surface area contributed by atoms with Crippen LogP contribution in [0, 0.1) is 5.82 Å². The summed E-state index contributed by atoms with van der Waals surface area (Å²) in [5, 5.41) is 9.74. The number of phenols is 1. The van der Waals surface area contributed by atoms with Crippen LogP contribution in [0.15, 0.2) is 18.2 Å². The lowest BCUT2D eigenvalue weighted by molar-refractivity contribution is -0.0590. The second-order valence-electron chi connectivity index (χ2n) is 5.13. The molecule has 2 atom stereocenters. The van der Waals surface area contributed by atoms with Gasteiger partial charge in [-0.1, -0.05) is 12.1 Å². The van der Waals surface area contributed by atoms with Gasteiger partial charge in [0.15, 0.2) is 11.6 Å². The fraction of sp³-hybridized carbons (Fsp3) is 0.571. The summed E-state index contributed by atoms with van der Waals surface area (Å²) in [5.74, 6) is -0.748. The number of aromatic hydroxyl groups is 1. The Morgan fingerprint density at radius 3 is 3.17 bits per heavy atom. The zero-order chi connectivity index (χ0) is 12.5. The van der Waals surface area contributed by atoms with Gasteiger partial charge >= 0.3 is 0 Å². The molecule has 1 saturated carbocycles. The Hall–Kier alpha value is -1.13.